The highest BCUT2D eigenvalue weighted by atomic mass is 19.2. The Morgan fingerprint density at radius 1 is 1.25 bits per heavy atom. The summed E-state index contributed by atoms with van der Waals surface area (Å²) in [4.78, 5) is 4.10. The summed E-state index contributed by atoms with van der Waals surface area (Å²) in [6.45, 7) is 0. The summed E-state index contributed by atoms with van der Waals surface area (Å²) in [6, 6.07) is 3.36. The molecular weight excluding hydrogens is 268 g/mol. The number of anilines is 1. The van der Waals surface area contributed by atoms with E-state index in [1.54, 1.807) is 7.05 Å². The molecule has 6 nitrogen and oxygen atoms in total. The van der Waals surface area contributed by atoms with Crippen LogP contribution in [0, 0.1) is 11.6 Å². The Morgan fingerprint density at radius 2 is 2.05 bits per heavy atom. The van der Waals surface area contributed by atoms with Gasteiger partial charge in [-0.1, -0.05) is 5.16 Å². The first kappa shape index (κ1) is 12.3. The molecule has 3 aromatic rings. The van der Waals surface area contributed by atoms with Gasteiger partial charge in [-0.15, -0.1) is 0 Å². The van der Waals surface area contributed by atoms with Gasteiger partial charge in [0, 0.05) is 12.6 Å². The first-order chi connectivity index (χ1) is 9.56. The van der Waals surface area contributed by atoms with Crippen molar-refractivity contribution in [1.29, 1.82) is 0 Å². The Labute approximate surface area is 111 Å². The number of rotatable bonds is 2. The molecule has 2 N–H and O–H groups in total. The molecule has 102 valence electrons. The molecule has 0 aliphatic heterocycles. The molecule has 1 aromatic carbocycles. The van der Waals surface area contributed by atoms with E-state index in [-0.39, 0.29) is 11.7 Å². The zero-order valence-corrected chi connectivity index (χ0v) is 10.3. The summed E-state index contributed by atoms with van der Waals surface area (Å²) in [5.41, 5.74) is 6.58. The lowest BCUT2D eigenvalue weighted by Gasteiger charge is -1.95. The van der Waals surface area contributed by atoms with E-state index in [0.717, 1.165) is 12.1 Å². The Morgan fingerprint density at radius 3 is 2.70 bits per heavy atom. The molecule has 0 atom stereocenters. The minimum atomic E-state index is -0.977. The van der Waals surface area contributed by atoms with E-state index in [2.05, 4.69) is 15.2 Å². The van der Waals surface area contributed by atoms with Crippen LogP contribution in [-0.2, 0) is 7.05 Å². The lowest BCUT2D eigenvalue weighted by atomic mass is 10.2. The Balaban J connectivity index is 2.01. The van der Waals surface area contributed by atoms with Gasteiger partial charge in [0.2, 0.25) is 5.82 Å². The number of aromatic nitrogens is 4. The number of nitrogen functional groups attached to an aromatic ring is 1. The lowest BCUT2D eigenvalue weighted by molar-refractivity contribution is 0.432. The second-order valence-corrected chi connectivity index (χ2v) is 4.12. The van der Waals surface area contributed by atoms with E-state index in [4.69, 9.17) is 10.3 Å². The van der Waals surface area contributed by atoms with Crippen LogP contribution < -0.4 is 5.73 Å². The van der Waals surface area contributed by atoms with Gasteiger partial charge in [0.05, 0.1) is 6.20 Å². The van der Waals surface area contributed by atoms with E-state index in [0.29, 0.717) is 16.9 Å². The van der Waals surface area contributed by atoms with Crippen LogP contribution in [0.4, 0.5) is 14.6 Å². The molecule has 20 heavy (non-hydrogen) atoms. The van der Waals surface area contributed by atoms with Crippen LogP contribution in [-0.4, -0.2) is 19.9 Å². The molecule has 2 heterocycles. The maximum Gasteiger partial charge on any atom is 0.263 e. The Bertz CT molecular complexity index is 780. The minimum absolute atomic E-state index is 0.141. The van der Waals surface area contributed by atoms with Crippen molar-refractivity contribution in [3.05, 3.63) is 36.0 Å². The van der Waals surface area contributed by atoms with E-state index in [1.165, 1.54) is 16.9 Å². The van der Waals surface area contributed by atoms with E-state index in [1.807, 2.05) is 0 Å². The summed E-state index contributed by atoms with van der Waals surface area (Å²) >= 11 is 0. The first-order valence-corrected chi connectivity index (χ1v) is 5.63. The summed E-state index contributed by atoms with van der Waals surface area (Å²) in [6.07, 6.45) is 1.48. The third-order valence-corrected chi connectivity index (χ3v) is 2.82. The van der Waals surface area contributed by atoms with Crippen LogP contribution >= 0.6 is 0 Å². The molecule has 0 aliphatic rings. The molecule has 0 fully saturated rings. The SMILES string of the molecule is Cn1ncc(-c2nc(-c3ccc(F)c(F)c3)no2)c1N. The summed E-state index contributed by atoms with van der Waals surface area (Å²) in [7, 11) is 1.67. The number of aryl methyl sites for hydroxylation is 1. The molecule has 2 aromatic heterocycles. The van der Waals surface area contributed by atoms with Gasteiger partial charge < -0.3 is 10.3 Å². The van der Waals surface area contributed by atoms with Gasteiger partial charge in [-0.2, -0.15) is 10.1 Å². The molecule has 0 radical (unpaired) electrons. The molecule has 0 saturated heterocycles. The van der Waals surface area contributed by atoms with Crippen LogP contribution in [0.15, 0.2) is 28.9 Å². The average molecular weight is 277 g/mol. The molecule has 0 saturated carbocycles. The second-order valence-electron chi connectivity index (χ2n) is 4.12. The van der Waals surface area contributed by atoms with Gasteiger partial charge in [-0.3, -0.25) is 4.68 Å². The second kappa shape index (κ2) is 4.41. The average Bonchev–Trinajstić information content (AvgIpc) is 3.02. The predicted octanol–water partition coefficient (Wildman–Crippen LogP) is 2.00. The quantitative estimate of drug-likeness (QED) is 0.774. The van der Waals surface area contributed by atoms with E-state index >= 15 is 0 Å². The number of hydrogen-bond donors (Lipinski definition) is 1. The van der Waals surface area contributed by atoms with E-state index in [9.17, 15) is 8.78 Å². The van der Waals surface area contributed by atoms with Crippen LogP contribution in [0.5, 0.6) is 0 Å². The van der Waals surface area contributed by atoms with Crippen molar-refractivity contribution >= 4 is 5.82 Å². The summed E-state index contributed by atoms with van der Waals surface area (Å²) in [5.74, 6) is -1.24. The molecular formula is C12H9F2N5O. The zero-order chi connectivity index (χ0) is 14.3. The zero-order valence-electron chi connectivity index (χ0n) is 10.3. The van der Waals surface area contributed by atoms with E-state index < -0.39 is 11.6 Å². The molecule has 0 unspecified atom stereocenters. The highest BCUT2D eigenvalue weighted by molar-refractivity contribution is 5.68. The standard InChI is InChI=1S/C12H9F2N5O/c1-19-10(15)7(5-16-19)12-17-11(18-20-12)6-2-3-8(13)9(14)4-6/h2-5H,15H2,1H3. The van der Waals surface area contributed by atoms with Gasteiger partial charge in [-0.25, -0.2) is 8.78 Å². The van der Waals surface area contributed by atoms with Crippen molar-refractivity contribution in [3.8, 4) is 22.8 Å². The monoisotopic (exact) mass is 277 g/mol. The fourth-order valence-electron chi connectivity index (χ4n) is 1.70. The van der Waals surface area contributed by atoms with Crippen LogP contribution in [0.3, 0.4) is 0 Å². The summed E-state index contributed by atoms with van der Waals surface area (Å²) < 4.78 is 32.6. The topological polar surface area (TPSA) is 82.8 Å². The molecule has 0 bridgehead atoms. The van der Waals surface area contributed by atoms with Gasteiger partial charge in [0.1, 0.15) is 11.4 Å². The van der Waals surface area contributed by atoms with Crippen molar-refractivity contribution in [2.24, 2.45) is 7.05 Å². The van der Waals surface area contributed by atoms with Gasteiger partial charge in [0.25, 0.3) is 5.89 Å². The van der Waals surface area contributed by atoms with Crippen LogP contribution in [0.2, 0.25) is 0 Å². The Hall–Kier alpha value is -2.77. The number of nitrogens with zero attached hydrogens (tertiary/aromatic N) is 4. The lowest BCUT2D eigenvalue weighted by Crippen LogP contribution is -1.98. The number of benzene rings is 1. The van der Waals surface area contributed by atoms with Crippen LogP contribution in [0.1, 0.15) is 0 Å². The van der Waals surface area contributed by atoms with Crippen molar-refractivity contribution in [2.45, 2.75) is 0 Å². The largest absolute Gasteiger partial charge is 0.383 e. The fourth-order valence-corrected chi connectivity index (χ4v) is 1.70. The first-order valence-electron chi connectivity index (χ1n) is 5.63. The third kappa shape index (κ3) is 1.91. The molecule has 8 heteroatoms. The molecule has 0 amide bonds. The number of nitrogens with two attached hydrogens (primary N) is 1. The van der Waals surface area contributed by atoms with Gasteiger partial charge >= 0.3 is 0 Å². The molecule has 0 spiro atoms. The number of hydrogen-bond acceptors (Lipinski definition) is 5. The highest BCUT2D eigenvalue weighted by Gasteiger charge is 2.16. The molecule has 0 aliphatic carbocycles. The van der Waals surface area contributed by atoms with Crippen molar-refractivity contribution in [2.75, 3.05) is 5.73 Å². The van der Waals surface area contributed by atoms with Crippen molar-refractivity contribution in [1.82, 2.24) is 19.9 Å². The normalized spacial score (nSPS) is 10.9. The van der Waals surface area contributed by atoms with Crippen molar-refractivity contribution < 1.29 is 13.3 Å². The smallest absolute Gasteiger partial charge is 0.263 e. The maximum absolute atomic E-state index is 13.2. The predicted molar refractivity (Wildman–Crippen MR) is 66.3 cm³/mol. The summed E-state index contributed by atoms with van der Waals surface area (Å²) in [5, 5.41) is 7.67. The van der Waals surface area contributed by atoms with Gasteiger partial charge in [0.15, 0.2) is 11.6 Å². The Kier molecular flexibility index (Phi) is 2.70. The third-order valence-electron chi connectivity index (χ3n) is 2.82. The number of halogens is 2. The van der Waals surface area contributed by atoms with Crippen molar-refractivity contribution in [3.63, 3.8) is 0 Å². The fraction of sp³-hybridized carbons (Fsp3) is 0.0833. The maximum atomic E-state index is 13.2. The highest BCUT2D eigenvalue weighted by Crippen LogP contribution is 2.26. The molecule has 3 rings (SSSR count). The minimum Gasteiger partial charge on any atom is -0.383 e. The van der Waals surface area contributed by atoms with Gasteiger partial charge in [-0.05, 0) is 18.2 Å². The van der Waals surface area contributed by atoms with Crippen LogP contribution in [0.25, 0.3) is 22.8 Å².